The van der Waals surface area contributed by atoms with E-state index in [0.29, 0.717) is 17.1 Å². The molecule has 0 bridgehead atoms. The van der Waals surface area contributed by atoms with Crippen molar-refractivity contribution in [2.24, 2.45) is 4.99 Å². The van der Waals surface area contributed by atoms with Gasteiger partial charge in [-0.25, -0.2) is 4.98 Å². The highest BCUT2D eigenvalue weighted by atomic mass is 32.1. The van der Waals surface area contributed by atoms with Crippen molar-refractivity contribution in [3.8, 4) is 10.6 Å². The van der Waals surface area contributed by atoms with Gasteiger partial charge < -0.3 is 10.6 Å². The van der Waals surface area contributed by atoms with Crippen molar-refractivity contribution in [3.63, 3.8) is 0 Å². The Balaban J connectivity index is 1.65. The molecule has 0 radical (unpaired) electrons. The summed E-state index contributed by atoms with van der Waals surface area (Å²) in [6.45, 7) is 2.24. The largest absolute Gasteiger partial charge is 0.416 e. The van der Waals surface area contributed by atoms with Crippen LogP contribution in [0.2, 0.25) is 0 Å². The number of nitrogens with zero attached hydrogens (tertiary/aromatic N) is 2. The lowest BCUT2D eigenvalue weighted by atomic mass is 10.1. The molecule has 0 saturated heterocycles. The molecule has 1 aliphatic heterocycles. The second-order valence-electron chi connectivity index (χ2n) is 5.08. The second-order valence-corrected chi connectivity index (χ2v) is 5.94. The molecule has 0 atom stereocenters. The number of hydrogen-bond donors (Lipinski definition) is 2. The van der Waals surface area contributed by atoms with Crippen molar-refractivity contribution in [2.75, 3.05) is 13.1 Å². The van der Waals surface area contributed by atoms with Crippen LogP contribution < -0.4 is 10.6 Å². The molecule has 1 aromatic heterocycles. The third-order valence-corrected chi connectivity index (χ3v) is 4.29. The van der Waals surface area contributed by atoms with E-state index in [1.807, 2.05) is 5.38 Å². The van der Waals surface area contributed by atoms with Crippen LogP contribution in [-0.4, -0.2) is 24.0 Å². The zero-order chi connectivity index (χ0) is 16.3. The summed E-state index contributed by atoms with van der Waals surface area (Å²) in [5, 5.41) is 8.92. The SMILES string of the molecule is FC(F)(F)c1ccc(-c2nc(CNC3=NCCCN3)cs2)cc1. The summed E-state index contributed by atoms with van der Waals surface area (Å²) in [5.41, 5.74) is 0.864. The first-order valence-corrected chi connectivity index (χ1v) is 8.04. The molecule has 3 rings (SSSR count). The molecule has 0 fully saturated rings. The van der Waals surface area contributed by atoms with Crippen molar-refractivity contribution in [2.45, 2.75) is 19.1 Å². The number of aliphatic imine (C=N–C) groups is 1. The van der Waals surface area contributed by atoms with Gasteiger partial charge in [-0.3, -0.25) is 4.99 Å². The Bertz CT molecular complexity index is 691. The average molecular weight is 340 g/mol. The normalized spacial score (nSPS) is 15.0. The summed E-state index contributed by atoms with van der Waals surface area (Å²) < 4.78 is 37.7. The highest BCUT2D eigenvalue weighted by molar-refractivity contribution is 7.13. The van der Waals surface area contributed by atoms with E-state index in [9.17, 15) is 13.2 Å². The maximum absolute atomic E-state index is 12.6. The molecule has 0 amide bonds. The summed E-state index contributed by atoms with van der Waals surface area (Å²) in [4.78, 5) is 8.75. The van der Waals surface area contributed by atoms with Gasteiger partial charge in [0.05, 0.1) is 17.8 Å². The van der Waals surface area contributed by atoms with E-state index in [4.69, 9.17) is 0 Å². The number of thiazole rings is 1. The zero-order valence-electron chi connectivity index (χ0n) is 12.2. The Morgan fingerprint density at radius 3 is 2.65 bits per heavy atom. The Kier molecular flexibility index (Phi) is 4.51. The Hall–Kier alpha value is -2.09. The molecule has 2 aromatic rings. The second kappa shape index (κ2) is 6.57. The maximum Gasteiger partial charge on any atom is 0.416 e. The summed E-state index contributed by atoms with van der Waals surface area (Å²) in [6, 6.07) is 5.06. The molecular formula is C15H15F3N4S. The van der Waals surface area contributed by atoms with Gasteiger partial charge in [-0.1, -0.05) is 12.1 Å². The topological polar surface area (TPSA) is 49.3 Å². The Labute approximate surface area is 135 Å². The van der Waals surface area contributed by atoms with Gasteiger partial charge in [0, 0.05) is 24.0 Å². The van der Waals surface area contributed by atoms with Crippen LogP contribution in [0.25, 0.3) is 10.6 Å². The number of halogens is 3. The quantitative estimate of drug-likeness (QED) is 0.902. The number of nitrogens with one attached hydrogen (secondary N) is 2. The van der Waals surface area contributed by atoms with Crippen LogP contribution in [0.3, 0.4) is 0 Å². The van der Waals surface area contributed by atoms with Crippen molar-refractivity contribution in [1.29, 1.82) is 0 Å². The third kappa shape index (κ3) is 4.01. The third-order valence-electron chi connectivity index (χ3n) is 3.35. The van der Waals surface area contributed by atoms with Gasteiger partial charge in [0.1, 0.15) is 5.01 Å². The predicted octanol–water partition coefficient (Wildman–Crippen LogP) is 3.27. The summed E-state index contributed by atoms with van der Waals surface area (Å²) >= 11 is 1.41. The molecule has 8 heteroatoms. The highest BCUT2D eigenvalue weighted by Crippen LogP contribution is 2.31. The van der Waals surface area contributed by atoms with E-state index in [1.165, 1.54) is 23.5 Å². The molecule has 2 heterocycles. The molecule has 122 valence electrons. The molecule has 1 aromatic carbocycles. The predicted molar refractivity (Wildman–Crippen MR) is 84.3 cm³/mol. The number of guanidine groups is 1. The Morgan fingerprint density at radius 1 is 1.22 bits per heavy atom. The standard InChI is InChI=1S/C15H15F3N4S/c16-15(17,18)11-4-2-10(3-5-11)13-22-12(9-23-13)8-21-14-19-6-1-7-20-14/h2-5,9H,1,6-8H2,(H2,19,20,21). The molecule has 0 spiro atoms. The van der Waals surface area contributed by atoms with Gasteiger partial charge >= 0.3 is 6.18 Å². The lowest BCUT2D eigenvalue weighted by Crippen LogP contribution is -2.40. The highest BCUT2D eigenvalue weighted by Gasteiger charge is 2.30. The molecule has 0 saturated carbocycles. The fraction of sp³-hybridized carbons (Fsp3) is 0.333. The van der Waals surface area contributed by atoms with Crippen LogP contribution in [0, 0.1) is 0 Å². The number of rotatable bonds is 3. The Morgan fingerprint density at radius 2 is 2.00 bits per heavy atom. The molecule has 0 aliphatic carbocycles. The fourth-order valence-electron chi connectivity index (χ4n) is 2.15. The van der Waals surface area contributed by atoms with Crippen molar-refractivity contribution in [1.82, 2.24) is 15.6 Å². The molecule has 0 unspecified atom stereocenters. The van der Waals surface area contributed by atoms with E-state index >= 15 is 0 Å². The van der Waals surface area contributed by atoms with Crippen LogP contribution >= 0.6 is 11.3 Å². The van der Waals surface area contributed by atoms with Crippen LogP contribution in [0.5, 0.6) is 0 Å². The first kappa shape index (κ1) is 15.8. The molecule has 4 nitrogen and oxygen atoms in total. The van der Waals surface area contributed by atoms with E-state index < -0.39 is 11.7 Å². The van der Waals surface area contributed by atoms with E-state index in [-0.39, 0.29) is 0 Å². The van der Waals surface area contributed by atoms with Gasteiger partial charge in [0.2, 0.25) is 0 Å². The van der Waals surface area contributed by atoms with E-state index in [1.54, 1.807) is 0 Å². The van der Waals surface area contributed by atoms with Crippen LogP contribution in [0.15, 0.2) is 34.6 Å². The summed E-state index contributed by atoms with van der Waals surface area (Å²) in [7, 11) is 0. The molecule has 2 N–H and O–H groups in total. The first-order chi connectivity index (χ1) is 11.0. The zero-order valence-corrected chi connectivity index (χ0v) is 13.0. The lowest BCUT2D eigenvalue weighted by Gasteiger charge is -2.15. The molecular weight excluding hydrogens is 325 g/mol. The van der Waals surface area contributed by atoms with Crippen LogP contribution in [-0.2, 0) is 12.7 Å². The lowest BCUT2D eigenvalue weighted by molar-refractivity contribution is -0.137. The average Bonchev–Trinajstić information content (AvgIpc) is 3.02. The van der Waals surface area contributed by atoms with E-state index in [0.717, 1.165) is 43.3 Å². The molecule has 23 heavy (non-hydrogen) atoms. The van der Waals surface area contributed by atoms with Crippen LogP contribution in [0.1, 0.15) is 17.7 Å². The number of hydrogen-bond acceptors (Lipinski definition) is 5. The summed E-state index contributed by atoms with van der Waals surface area (Å²) in [6.07, 6.45) is -3.29. The van der Waals surface area contributed by atoms with Gasteiger partial charge in [-0.05, 0) is 18.6 Å². The smallest absolute Gasteiger partial charge is 0.356 e. The maximum atomic E-state index is 12.6. The minimum absolute atomic E-state index is 0.531. The monoisotopic (exact) mass is 340 g/mol. The molecule has 1 aliphatic rings. The van der Waals surface area contributed by atoms with Crippen molar-refractivity contribution < 1.29 is 13.2 Å². The van der Waals surface area contributed by atoms with Crippen molar-refractivity contribution in [3.05, 3.63) is 40.9 Å². The van der Waals surface area contributed by atoms with Gasteiger partial charge in [0.15, 0.2) is 5.96 Å². The minimum atomic E-state index is -4.32. The minimum Gasteiger partial charge on any atom is -0.356 e. The van der Waals surface area contributed by atoms with E-state index in [2.05, 4.69) is 20.6 Å². The van der Waals surface area contributed by atoms with Crippen LogP contribution in [0.4, 0.5) is 13.2 Å². The number of benzene rings is 1. The summed E-state index contributed by atoms with van der Waals surface area (Å²) in [5.74, 6) is 0.764. The first-order valence-electron chi connectivity index (χ1n) is 7.16. The number of aromatic nitrogens is 1. The number of alkyl halides is 3. The van der Waals surface area contributed by atoms with Gasteiger partial charge in [-0.15, -0.1) is 11.3 Å². The van der Waals surface area contributed by atoms with Crippen molar-refractivity contribution >= 4 is 17.3 Å². The fourth-order valence-corrected chi connectivity index (χ4v) is 2.97. The van der Waals surface area contributed by atoms with Gasteiger partial charge in [0.25, 0.3) is 0 Å². The van der Waals surface area contributed by atoms with Gasteiger partial charge in [-0.2, -0.15) is 13.2 Å².